The smallest absolute Gasteiger partial charge is 0.226 e. The van der Waals surface area contributed by atoms with Gasteiger partial charge in [0.25, 0.3) is 0 Å². The molecule has 1 atom stereocenters. The van der Waals surface area contributed by atoms with E-state index in [1.165, 1.54) is 0 Å². The number of ether oxygens (including phenoxy) is 5. The molecule has 0 aliphatic rings. The summed E-state index contributed by atoms with van der Waals surface area (Å²) in [6.07, 6.45) is 0.261. The topological polar surface area (TPSA) is 101 Å². The van der Waals surface area contributed by atoms with Crippen molar-refractivity contribution in [3.8, 4) is 5.75 Å². The van der Waals surface area contributed by atoms with Crippen molar-refractivity contribution >= 4 is 33.2 Å². The van der Waals surface area contributed by atoms with Crippen LogP contribution in [0.3, 0.4) is 0 Å². The van der Waals surface area contributed by atoms with Crippen LogP contribution in [0.4, 0.5) is 5.69 Å². The number of hydrogen-bond donors (Lipinski definition) is 2. The molecule has 0 fully saturated rings. The molecule has 8 nitrogen and oxygen atoms in total. The fourth-order valence-electron chi connectivity index (χ4n) is 2.48. The quantitative estimate of drug-likeness (QED) is 0.110. The molecule has 1 aromatic rings. The van der Waals surface area contributed by atoms with Crippen LogP contribution < -0.4 is 15.8 Å². The highest BCUT2D eigenvalue weighted by Gasteiger charge is 2.18. The van der Waals surface area contributed by atoms with Gasteiger partial charge in [0.05, 0.1) is 46.1 Å². The lowest BCUT2D eigenvalue weighted by Crippen LogP contribution is -2.21. The lowest BCUT2D eigenvalue weighted by atomic mass is 10.2. The van der Waals surface area contributed by atoms with Crippen LogP contribution >= 0.6 is 21.6 Å². The third-order valence-electron chi connectivity index (χ3n) is 4.00. The van der Waals surface area contributed by atoms with Crippen LogP contribution in [0.2, 0.25) is 0 Å². The molecule has 0 spiro atoms. The van der Waals surface area contributed by atoms with Gasteiger partial charge in [-0.1, -0.05) is 76.1 Å². The third kappa shape index (κ3) is 22.7. The van der Waals surface area contributed by atoms with Gasteiger partial charge in [0.15, 0.2) is 0 Å². The van der Waals surface area contributed by atoms with E-state index in [1.54, 1.807) is 21.6 Å². The first-order valence-electron chi connectivity index (χ1n) is 13.1. The van der Waals surface area contributed by atoms with E-state index < -0.39 is 0 Å². The zero-order valence-electron chi connectivity index (χ0n) is 23.9. The molecular formula is C27H54N2O6S2. The van der Waals surface area contributed by atoms with Crippen LogP contribution in [0.25, 0.3) is 0 Å². The van der Waals surface area contributed by atoms with E-state index in [0.717, 1.165) is 6.61 Å². The van der Waals surface area contributed by atoms with Crippen LogP contribution in [-0.2, 0) is 23.7 Å². The zero-order chi connectivity index (χ0) is 27.9. The Bertz CT molecular complexity index is 700. The first-order chi connectivity index (χ1) is 17.7. The van der Waals surface area contributed by atoms with Crippen molar-refractivity contribution in [1.29, 1.82) is 0 Å². The Balaban J connectivity index is -0.00000316. The fourth-order valence-corrected chi connectivity index (χ4v) is 4.67. The van der Waals surface area contributed by atoms with Crippen LogP contribution in [0.15, 0.2) is 24.3 Å². The second kappa shape index (κ2) is 22.9. The van der Waals surface area contributed by atoms with Gasteiger partial charge in [0.1, 0.15) is 17.8 Å². The van der Waals surface area contributed by atoms with Gasteiger partial charge in [0, 0.05) is 32.5 Å². The van der Waals surface area contributed by atoms with Gasteiger partial charge in [-0.15, -0.1) is 0 Å². The normalized spacial score (nSPS) is 12.1. The molecule has 1 unspecified atom stereocenters. The van der Waals surface area contributed by atoms with Gasteiger partial charge >= 0.3 is 0 Å². The van der Waals surface area contributed by atoms with Crippen molar-refractivity contribution in [2.45, 2.75) is 65.1 Å². The van der Waals surface area contributed by atoms with Gasteiger partial charge in [0.2, 0.25) is 5.91 Å². The molecule has 0 saturated carbocycles. The minimum absolute atomic E-state index is 0. The number of amides is 1. The average Bonchev–Trinajstić information content (AvgIpc) is 2.85. The summed E-state index contributed by atoms with van der Waals surface area (Å²) >= 11 is 0. The minimum Gasteiger partial charge on any atom is -0.490 e. The van der Waals surface area contributed by atoms with E-state index in [9.17, 15) is 4.79 Å². The molecule has 0 heterocycles. The zero-order valence-corrected chi connectivity index (χ0v) is 25.5. The number of carbonyl (C=O) groups excluding carboxylic acids is 1. The Morgan fingerprint density at radius 3 is 2.32 bits per heavy atom. The van der Waals surface area contributed by atoms with E-state index >= 15 is 0 Å². The van der Waals surface area contributed by atoms with Gasteiger partial charge in [-0.05, 0) is 18.1 Å². The van der Waals surface area contributed by atoms with Crippen LogP contribution in [0, 0.1) is 5.92 Å². The molecule has 220 valence electrons. The third-order valence-corrected chi connectivity index (χ3v) is 7.52. The number of carbonyl (C=O) groups is 1. The number of benzene rings is 1. The molecule has 1 amide bonds. The molecule has 1 rings (SSSR count). The molecule has 0 aliphatic carbocycles. The number of nitrogens with two attached hydrogens (primary N) is 1. The van der Waals surface area contributed by atoms with Crippen molar-refractivity contribution in [2.24, 2.45) is 11.7 Å². The monoisotopic (exact) mass is 566 g/mol. The number of anilines is 1. The summed E-state index contributed by atoms with van der Waals surface area (Å²) in [5.41, 5.74) is 5.88. The first-order valence-corrected chi connectivity index (χ1v) is 15.3. The Kier molecular flexibility index (Phi) is 22.3. The van der Waals surface area contributed by atoms with Crippen molar-refractivity contribution in [1.82, 2.24) is 0 Å². The maximum absolute atomic E-state index is 12.2. The van der Waals surface area contributed by atoms with Crippen molar-refractivity contribution in [3.63, 3.8) is 0 Å². The lowest BCUT2D eigenvalue weighted by molar-refractivity contribution is -0.117. The number of nitrogens with one attached hydrogen (secondary N) is 1. The highest BCUT2D eigenvalue weighted by molar-refractivity contribution is 8.77. The summed E-state index contributed by atoms with van der Waals surface area (Å²) in [5, 5.41) is 2.88. The second-order valence-electron chi connectivity index (χ2n) is 9.21. The molecule has 0 aliphatic heterocycles. The number of rotatable bonds is 20. The van der Waals surface area contributed by atoms with Gasteiger partial charge in [-0.2, -0.15) is 0 Å². The molecule has 0 radical (unpaired) electrons. The number of hydrogen-bond acceptors (Lipinski definition) is 9. The average molecular weight is 567 g/mol. The van der Waals surface area contributed by atoms with E-state index in [2.05, 4.69) is 39.9 Å². The van der Waals surface area contributed by atoms with Gasteiger partial charge < -0.3 is 34.7 Å². The van der Waals surface area contributed by atoms with Crippen LogP contribution in [0.1, 0.15) is 57.7 Å². The fraction of sp³-hybridized carbons (Fsp3) is 0.741. The molecule has 3 N–H and O–H groups in total. The summed E-state index contributed by atoms with van der Waals surface area (Å²) in [5.74, 6) is 1.05. The van der Waals surface area contributed by atoms with Gasteiger partial charge in [-0.3, -0.25) is 4.79 Å². The molecular weight excluding hydrogens is 512 g/mol. The Hall–Kier alpha value is -1.01. The maximum atomic E-state index is 12.2. The van der Waals surface area contributed by atoms with Crippen LogP contribution in [-0.4, -0.2) is 75.5 Å². The Morgan fingerprint density at radius 2 is 1.68 bits per heavy atom. The first kappa shape index (κ1) is 36.0. The summed E-state index contributed by atoms with van der Waals surface area (Å²) < 4.78 is 28.4. The summed E-state index contributed by atoms with van der Waals surface area (Å²) in [4.78, 5) is 12.2. The molecule has 10 heteroatoms. The lowest BCUT2D eigenvalue weighted by Gasteiger charge is -2.22. The Labute approximate surface area is 235 Å². The second-order valence-corrected chi connectivity index (χ2v) is 12.4. The Morgan fingerprint density at radius 1 is 1.00 bits per heavy atom. The largest absolute Gasteiger partial charge is 0.490 e. The maximum Gasteiger partial charge on any atom is 0.226 e. The van der Waals surface area contributed by atoms with E-state index in [1.807, 2.05) is 38.1 Å². The summed E-state index contributed by atoms with van der Waals surface area (Å²) in [6.45, 7) is 19.2. The van der Waals surface area contributed by atoms with Crippen molar-refractivity contribution in [3.05, 3.63) is 24.3 Å². The molecule has 0 bridgehead atoms. The van der Waals surface area contributed by atoms with Gasteiger partial charge in [-0.25, -0.2) is 0 Å². The summed E-state index contributed by atoms with van der Waals surface area (Å²) in [6, 6.07) is 7.35. The minimum atomic E-state index is -0.147. The molecule has 37 heavy (non-hydrogen) atoms. The SMILES string of the molecule is CC.CC(C)COCCOC(COc1cccc(NC(=O)CCOCCOCCN)c1)SSC(C)(C)C.[HH].[HH]. The summed E-state index contributed by atoms with van der Waals surface area (Å²) in [7, 11) is 3.42. The molecule has 0 saturated heterocycles. The van der Waals surface area contributed by atoms with E-state index in [0.29, 0.717) is 70.1 Å². The van der Waals surface area contributed by atoms with E-state index in [-0.39, 0.29) is 25.4 Å². The molecule has 1 aromatic carbocycles. The predicted molar refractivity (Wildman–Crippen MR) is 162 cm³/mol. The highest BCUT2D eigenvalue weighted by atomic mass is 33.1. The molecule has 0 aromatic heterocycles. The van der Waals surface area contributed by atoms with Crippen molar-refractivity contribution in [2.75, 3.05) is 64.7 Å². The highest BCUT2D eigenvalue weighted by Crippen LogP contribution is 2.38. The predicted octanol–water partition coefficient (Wildman–Crippen LogP) is 6.10. The van der Waals surface area contributed by atoms with E-state index in [4.69, 9.17) is 29.4 Å². The van der Waals surface area contributed by atoms with Crippen LogP contribution in [0.5, 0.6) is 5.75 Å². The standard InChI is InChI=1S/C25H44N2O6S2.C2H6.2H2/c1-20(2)18-31-15-16-32-24(34-35-25(3,4)5)19-33-22-8-6-7-21(17-22)27-23(28)9-11-29-13-14-30-12-10-26;1-2;;/h6-8,17,20,24H,9-16,18-19,26H2,1-5H3,(H,27,28);1-2H3;2*1H. The van der Waals surface area contributed by atoms with Crippen molar-refractivity contribution < 1.29 is 31.3 Å².